The summed E-state index contributed by atoms with van der Waals surface area (Å²) >= 11 is 10.1. The molecular weight excluding hydrogens is 360 g/mol. The molecule has 6 nitrogen and oxygen atoms in total. The summed E-state index contributed by atoms with van der Waals surface area (Å²) < 4.78 is 27.4. The number of benzene rings is 1. The van der Waals surface area contributed by atoms with Gasteiger partial charge >= 0.3 is 5.97 Å². The highest BCUT2D eigenvalue weighted by atomic mass is 35.5. The van der Waals surface area contributed by atoms with Gasteiger partial charge in [-0.2, -0.15) is 17.4 Å². The summed E-state index contributed by atoms with van der Waals surface area (Å²) in [5.74, 6) is -0.921. The van der Waals surface area contributed by atoms with Gasteiger partial charge in [0.2, 0.25) is 10.0 Å². The maximum atomic E-state index is 12.5. The van der Waals surface area contributed by atoms with Gasteiger partial charge in [-0.15, -0.1) is 0 Å². The molecule has 0 unspecified atom stereocenters. The molecule has 3 N–H and O–H groups in total. The second-order valence-electron chi connectivity index (χ2n) is 5.62. The number of carbonyl (C=O) groups is 1. The predicted octanol–water partition coefficient (Wildman–Crippen LogP) is 1.37. The average molecular weight is 379 g/mol. The number of hydrogen-bond acceptors (Lipinski definition) is 5. The van der Waals surface area contributed by atoms with E-state index in [-0.39, 0.29) is 15.7 Å². The number of carboxylic acid groups (broad SMARTS) is 1. The highest BCUT2D eigenvalue weighted by Gasteiger charge is 2.45. The van der Waals surface area contributed by atoms with Gasteiger partial charge in [0.15, 0.2) is 0 Å². The number of carboxylic acids is 1. The van der Waals surface area contributed by atoms with Gasteiger partial charge in [0.05, 0.1) is 4.90 Å². The Morgan fingerprint density at radius 1 is 1.43 bits per heavy atom. The quantitative estimate of drug-likeness (QED) is 0.561. The lowest BCUT2D eigenvalue weighted by Crippen LogP contribution is -2.57. The molecule has 9 heteroatoms. The molecule has 2 rings (SSSR count). The molecule has 23 heavy (non-hydrogen) atoms. The fourth-order valence-electron chi connectivity index (χ4n) is 2.76. The van der Waals surface area contributed by atoms with E-state index < -0.39 is 27.4 Å². The molecular formula is C14H19ClN2O4S2. The highest BCUT2D eigenvalue weighted by Crippen LogP contribution is 2.35. The zero-order chi connectivity index (χ0) is 17.1. The van der Waals surface area contributed by atoms with Crippen molar-refractivity contribution in [3.8, 4) is 0 Å². The van der Waals surface area contributed by atoms with E-state index in [1.54, 1.807) is 6.07 Å². The van der Waals surface area contributed by atoms with Crippen LogP contribution >= 0.6 is 24.2 Å². The summed E-state index contributed by atoms with van der Waals surface area (Å²) in [7, 11) is -3.99. The number of aliphatic carboxylic acids is 1. The summed E-state index contributed by atoms with van der Waals surface area (Å²) in [5.41, 5.74) is -0.730. The Morgan fingerprint density at radius 3 is 2.61 bits per heavy atom. The van der Waals surface area contributed by atoms with E-state index in [1.165, 1.54) is 18.2 Å². The van der Waals surface area contributed by atoms with Gasteiger partial charge in [-0.1, -0.05) is 17.7 Å². The first-order chi connectivity index (χ1) is 10.8. The maximum Gasteiger partial charge on any atom is 0.322 e. The van der Waals surface area contributed by atoms with Crippen LogP contribution in [0.5, 0.6) is 0 Å². The molecule has 128 valence electrons. The molecule has 1 heterocycles. The van der Waals surface area contributed by atoms with Crippen LogP contribution in [0.4, 0.5) is 0 Å². The fourth-order valence-corrected chi connectivity index (χ4v) is 4.85. The SMILES string of the molecule is O=C(O)[C@@H](NS(=O)(=O)c1cccc(Cl)c1)C1(CS)CCNCC1. The Hall–Kier alpha value is -0.800. The Labute approximate surface area is 146 Å². The minimum Gasteiger partial charge on any atom is -0.480 e. The summed E-state index contributed by atoms with van der Waals surface area (Å²) in [4.78, 5) is 11.7. The number of piperidine rings is 1. The molecule has 0 spiro atoms. The Morgan fingerprint density at radius 2 is 2.09 bits per heavy atom. The number of halogens is 1. The van der Waals surface area contributed by atoms with Crippen LogP contribution in [0.1, 0.15) is 12.8 Å². The van der Waals surface area contributed by atoms with Gasteiger partial charge < -0.3 is 10.4 Å². The standard InChI is InChI=1S/C14H19ClN2O4S2/c15-10-2-1-3-11(8-10)23(20,21)17-12(13(18)19)14(9-22)4-6-16-7-5-14/h1-3,8,12,16-17,22H,4-7,9H2,(H,18,19)/t12-/m1/s1. The minimum absolute atomic E-state index is 0.0560. The molecule has 1 atom stereocenters. The normalized spacial score (nSPS) is 19.2. The number of thiol groups is 1. The third kappa shape index (κ3) is 4.19. The summed E-state index contributed by atoms with van der Waals surface area (Å²) in [5, 5.41) is 13.0. The first-order valence-electron chi connectivity index (χ1n) is 7.13. The zero-order valence-electron chi connectivity index (χ0n) is 12.3. The van der Waals surface area contributed by atoms with Gasteiger partial charge in [0.1, 0.15) is 6.04 Å². The Bertz CT molecular complexity index is 675. The third-order valence-corrected chi connectivity index (χ3v) is 6.44. The highest BCUT2D eigenvalue weighted by molar-refractivity contribution is 7.89. The molecule has 1 saturated heterocycles. The molecule has 0 aromatic heterocycles. The molecule has 1 aromatic rings. The minimum atomic E-state index is -3.99. The van der Waals surface area contributed by atoms with Crippen molar-refractivity contribution < 1.29 is 18.3 Å². The van der Waals surface area contributed by atoms with E-state index in [4.69, 9.17) is 11.6 Å². The van der Waals surface area contributed by atoms with Crippen molar-refractivity contribution in [2.45, 2.75) is 23.8 Å². The van der Waals surface area contributed by atoms with Crippen molar-refractivity contribution in [2.75, 3.05) is 18.8 Å². The lowest BCUT2D eigenvalue weighted by Gasteiger charge is -2.40. The maximum absolute atomic E-state index is 12.5. The van der Waals surface area contributed by atoms with E-state index in [0.717, 1.165) is 0 Å². The lowest BCUT2D eigenvalue weighted by molar-refractivity contribution is -0.142. The molecule has 0 saturated carbocycles. The zero-order valence-corrected chi connectivity index (χ0v) is 14.8. The number of nitrogens with one attached hydrogen (secondary N) is 2. The third-order valence-electron chi connectivity index (χ3n) is 4.15. The van der Waals surface area contributed by atoms with Crippen LogP contribution in [-0.2, 0) is 14.8 Å². The number of hydrogen-bond donors (Lipinski definition) is 4. The number of rotatable bonds is 6. The van der Waals surface area contributed by atoms with E-state index in [1.807, 2.05) is 0 Å². The Balaban J connectivity index is 2.33. The predicted molar refractivity (Wildman–Crippen MR) is 91.6 cm³/mol. The van der Waals surface area contributed by atoms with Gasteiger partial charge in [-0.25, -0.2) is 8.42 Å². The second-order valence-corrected chi connectivity index (χ2v) is 8.09. The topological polar surface area (TPSA) is 95.5 Å². The van der Waals surface area contributed by atoms with Crippen LogP contribution in [0.25, 0.3) is 0 Å². The van der Waals surface area contributed by atoms with Gasteiger partial charge in [-0.05, 0) is 49.9 Å². The molecule has 0 radical (unpaired) electrons. The van der Waals surface area contributed by atoms with Crippen molar-refractivity contribution in [1.82, 2.24) is 10.0 Å². The van der Waals surface area contributed by atoms with Crippen LogP contribution < -0.4 is 10.0 Å². The largest absolute Gasteiger partial charge is 0.480 e. The van der Waals surface area contributed by atoms with E-state index in [2.05, 4.69) is 22.7 Å². The smallest absolute Gasteiger partial charge is 0.322 e. The van der Waals surface area contributed by atoms with Crippen LogP contribution in [0.2, 0.25) is 5.02 Å². The van der Waals surface area contributed by atoms with Crippen molar-refractivity contribution in [2.24, 2.45) is 5.41 Å². The van der Waals surface area contributed by atoms with Crippen LogP contribution in [-0.4, -0.2) is 44.4 Å². The molecule has 0 amide bonds. The van der Waals surface area contributed by atoms with Crippen molar-refractivity contribution in [3.63, 3.8) is 0 Å². The van der Waals surface area contributed by atoms with Crippen LogP contribution in [0.15, 0.2) is 29.2 Å². The summed E-state index contributed by atoms with van der Waals surface area (Å²) in [6.45, 7) is 1.26. The average Bonchev–Trinajstić information content (AvgIpc) is 2.53. The molecule has 1 aliphatic rings. The van der Waals surface area contributed by atoms with E-state index >= 15 is 0 Å². The van der Waals surface area contributed by atoms with E-state index in [0.29, 0.717) is 25.9 Å². The first-order valence-corrected chi connectivity index (χ1v) is 9.62. The van der Waals surface area contributed by atoms with Crippen molar-refractivity contribution >= 4 is 40.2 Å². The van der Waals surface area contributed by atoms with Crippen LogP contribution in [0, 0.1) is 5.41 Å². The van der Waals surface area contributed by atoms with Crippen molar-refractivity contribution in [3.05, 3.63) is 29.3 Å². The lowest BCUT2D eigenvalue weighted by atomic mass is 9.74. The van der Waals surface area contributed by atoms with E-state index in [9.17, 15) is 18.3 Å². The molecule has 1 aromatic carbocycles. The molecule has 1 aliphatic heterocycles. The molecule has 0 aliphatic carbocycles. The second kappa shape index (κ2) is 7.40. The monoisotopic (exact) mass is 378 g/mol. The van der Waals surface area contributed by atoms with Crippen molar-refractivity contribution in [1.29, 1.82) is 0 Å². The first kappa shape index (κ1) is 18.5. The molecule has 1 fully saturated rings. The van der Waals surface area contributed by atoms with Gasteiger partial charge in [0, 0.05) is 10.4 Å². The summed E-state index contributed by atoms with van der Waals surface area (Å²) in [6.07, 6.45) is 1.07. The van der Waals surface area contributed by atoms with Gasteiger partial charge in [0.25, 0.3) is 0 Å². The fraction of sp³-hybridized carbons (Fsp3) is 0.500. The van der Waals surface area contributed by atoms with Gasteiger partial charge in [-0.3, -0.25) is 4.79 Å². The Kier molecular flexibility index (Phi) is 5.96. The summed E-state index contributed by atoms with van der Waals surface area (Å²) in [6, 6.07) is 4.48. The number of sulfonamides is 1. The van der Waals surface area contributed by atoms with Crippen LogP contribution in [0.3, 0.4) is 0 Å². The molecule has 0 bridgehead atoms.